The van der Waals surface area contributed by atoms with E-state index >= 15 is 0 Å². The van der Waals surface area contributed by atoms with Crippen LogP contribution in [0.15, 0.2) is 73.1 Å². The third-order valence-electron chi connectivity index (χ3n) is 7.68. The van der Waals surface area contributed by atoms with Gasteiger partial charge in [-0.25, -0.2) is 4.57 Å². The molecule has 1 spiro atoms. The van der Waals surface area contributed by atoms with Crippen molar-refractivity contribution in [3.63, 3.8) is 0 Å². The Labute approximate surface area is 190 Å². The molecule has 0 saturated heterocycles. The zero-order chi connectivity index (χ0) is 21.9. The van der Waals surface area contributed by atoms with Gasteiger partial charge >= 0.3 is 0 Å². The van der Waals surface area contributed by atoms with Crippen LogP contribution in [0.5, 0.6) is 0 Å². The molecule has 32 heavy (non-hydrogen) atoms. The molecule has 0 N–H and O–H groups in total. The molecular formula is C30H29N2+. The van der Waals surface area contributed by atoms with Gasteiger partial charge in [-0.15, -0.1) is 0 Å². The molecule has 2 aliphatic rings. The Kier molecular flexibility index (Phi) is 4.33. The molecule has 4 aromatic rings. The number of hydrogen-bond donors (Lipinski definition) is 0. The summed E-state index contributed by atoms with van der Waals surface area (Å²) < 4.78 is 2.27. The zero-order valence-electron chi connectivity index (χ0n) is 19.2. The fraction of sp³-hybridized carbons (Fsp3) is 0.267. The van der Waals surface area contributed by atoms with Crippen LogP contribution in [-0.4, -0.2) is 4.98 Å². The van der Waals surface area contributed by atoms with Gasteiger partial charge in [0.25, 0.3) is 0 Å². The van der Waals surface area contributed by atoms with Gasteiger partial charge in [0, 0.05) is 34.4 Å². The van der Waals surface area contributed by atoms with Crippen LogP contribution < -0.4 is 4.57 Å². The SMILES string of the molecule is Cc1ccc(-c2ccc(-c3cc4c(cc3C)C3(CCCC3)c3ncccc3-4)[n+](C)c2)cc1. The Balaban J connectivity index is 1.49. The standard InChI is InChI=1S/C30H29N2/c1-20-8-10-22(11-9-20)23-12-13-28(32(3)19-23)25-18-26-24-7-6-16-31-29(24)30(14-4-5-15-30)27(26)17-21(25)2/h6-13,16-19H,4-5,14-15H2,1-3H3/q+1. The molecule has 2 nitrogen and oxygen atoms in total. The number of nitrogens with zero attached hydrogens (tertiary/aromatic N) is 2. The molecule has 1 fully saturated rings. The lowest BCUT2D eigenvalue weighted by atomic mass is 9.78. The number of fused-ring (bicyclic) bond motifs is 5. The van der Waals surface area contributed by atoms with Crippen molar-refractivity contribution in [2.24, 2.45) is 7.05 Å². The molecule has 2 aliphatic carbocycles. The number of aromatic nitrogens is 2. The first kappa shape index (κ1) is 19.4. The molecule has 0 atom stereocenters. The maximum atomic E-state index is 4.91. The van der Waals surface area contributed by atoms with Crippen molar-refractivity contribution >= 4 is 0 Å². The van der Waals surface area contributed by atoms with Crippen molar-refractivity contribution in [2.75, 3.05) is 0 Å². The smallest absolute Gasteiger partial charge is 0.212 e. The van der Waals surface area contributed by atoms with E-state index < -0.39 is 0 Å². The van der Waals surface area contributed by atoms with Gasteiger partial charge in [-0.1, -0.05) is 54.8 Å². The van der Waals surface area contributed by atoms with Gasteiger partial charge in [-0.2, -0.15) is 0 Å². The van der Waals surface area contributed by atoms with Gasteiger partial charge < -0.3 is 0 Å². The van der Waals surface area contributed by atoms with Gasteiger partial charge in [0.2, 0.25) is 5.69 Å². The predicted molar refractivity (Wildman–Crippen MR) is 130 cm³/mol. The Hall–Kier alpha value is -3.26. The summed E-state index contributed by atoms with van der Waals surface area (Å²) in [6.45, 7) is 4.40. The largest absolute Gasteiger partial charge is 0.260 e. The lowest BCUT2D eigenvalue weighted by Gasteiger charge is -2.25. The number of aryl methyl sites for hydroxylation is 3. The average Bonchev–Trinajstić information content (AvgIpc) is 3.39. The second kappa shape index (κ2) is 7.13. The van der Waals surface area contributed by atoms with E-state index in [4.69, 9.17) is 4.98 Å². The summed E-state index contributed by atoms with van der Waals surface area (Å²) in [5, 5.41) is 0. The molecule has 0 amide bonds. The third-order valence-corrected chi connectivity index (χ3v) is 7.68. The van der Waals surface area contributed by atoms with Crippen LogP contribution in [-0.2, 0) is 12.5 Å². The lowest BCUT2D eigenvalue weighted by molar-refractivity contribution is -0.659. The Morgan fingerprint density at radius 2 is 1.56 bits per heavy atom. The highest BCUT2D eigenvalue weighted by molar-refractivity contribution is 5.84. The maximum Gasteiger partial charge on any atom is 0.212 e. The predicted octanol–water partition coefficient (Wildman–Crippen LogP) is 6.70. The minimum absolute atomic E-state index is 0.132. The molecule has 2 aromatic carbocycles. The lowest BCUT2D eigenvalue weighted by Crippen LogP contribution is -2.31. The van der Waals surface area contributed by atoms with Crippen LogP contribution in [0.2, 0.25) is 0 Å². The van der Waals surface area contributed by atoms with Crippen LogP contribution in [0, 0.1) is 13.8 Å². The van der Waals surface area contributed by atoms with Crippen molar-refractivity contribution in [1.29, 1.82) is 0 Å². The average molecular weight is 418 g/mol. The summed E-state index contributed by atoms with van der Waals surface area (Å²) in [5.41, 5.74) is 13.4. The van der Waals surface area contributed by atoms with E-state index in [1.807, 2.05) is 6.20 Å². The molecule has 1 saturated carbocycles. The molecule has 2 heteroatoms. The number of hydrogen-bond acceptors (Lipinski definition) is 1. The van der Waals surface area contributed by atoms with E-state index in [-0.39, 0.29) is 5.41 Å². The van der Waals surface area contributed by atoms with Crippen LogP contribution in [0.1, 0.15) is 48.1 Å². The van der Waals surface area contributed by atoms with E-state index in [1.165, 1.54) is 81.6 Å². The van der Waals surface area contributed by atoms with Crippen LogP contribution in [0.4, 0.5) is 0 Å². The van der Waals surface area contributed by atoms with Crippen molar-refractivity contribution in [2.45, 2.75) is 44.9 Å². The minimum Gasteiger partial charge on any atom is -0.260 e. The second-order valence-electron chi connectivity index (χ2n) is 9.68. The Morgan fingerprint density at radius 1 is 0.812 bits per heavy atom. The van der Waals surface area contributed by atoms with Crippen molar-refractivity contribution in [3.05, 3.63) is 95.4 Å². The summed E-state index contributed by atoms with van der Waals surface area (Å²) in [7, 11) is 2.16. The summed E-state index contributed by atoms with van der Waals surface area (Å²) in [6.07, 6.45) is 9.27. The summed E-state index contributed by atoms with van der Waals surface area (Å²) in [5.74, 6) is 0. The van der Waals surface area contributed by atoms with Crippen LogP contribution in [0.25, 0.3) is 33.5 Å². The highest BCUT2D eigenvalue weighted by Gasteiger charge is 2.46. The first-order chi connectivity index (χ1) is 15.6. The van der Waals surface area contributed by atoms with Gasteiger partial charge in [-0.3, -0.25) is 4.98 Å². The number of pyridine rings is 2. The van der Waals surface area contributed by atoms with Gasteiger partial charge in [0.1, 0.15) is 7.05 Å². The van der Waals surface area contributed by atoms with E-state index in [0.29, 0.717) is 0 Å². The molecule has 0 aliphatic heterocycles. The van der Waals surface area contributed by atoms with Gasteiger partial charge in [-0.05, 0) is 67.1 Å². The fourth-order valence-corrected chi connectivity index (χ4v) is 6.02. The summed E-state index contributed by atoms with van der Waals surface area (Å²) in [4.78, 5) is 4.91. The highest BCUT2D eigenvalue weighted by Crippen LogP contribution is 2.56. The monoisotopic (exact) mass is 417 g/mol. The van der Waals surface area contributed by atoms with Crippen LogP contribution >= 0.6 is 0 Å². The van der Waals surface area contributed by atoms with Gasteiger partial charge in [0.15, 0.2) is 6.20 Å². The van der Waals surface area contributed by atoms with Crippen molar-refractivity contribution in [1.82, 2.24) is 4.98 Å². The minimum atomic E-state index is 0.132. The fourth-order valence-electron chi connectivity index (χ4n) is 6.02. The van der Waals surface area contributed by atoms with Gasteiger partial charge in [0.05, 0.1) is 5.69 Å². The second-order valence-corrected chi connectivity index (χ2v) is 9.68. The normalized spacial score (nSPS) is 15.7. The Bertz CT molecular complexity index is 1340. The van der Waals surface area contributed by atoms with E-state index in [2.05, 4.69) is 92.3 Å². The quantitative estimate of drug-likeness (QED) is 0.332. The molecule has 6 rings (SSSR count). The maximum absolute atomic E-state index is 4.91. The Morgan fingerprint density at radius 3 is 2.31 bits per heavy atom. The zero-order valence-corrected chi connectivity index (χ0v) is 19.2. The molecule has 2 aromatic heterocycles. The molecule has 0 radical (unpaired) electrons. The number of rotatable bonds is 2. The highest BCUT2D eigenvalue weighted by atomic mass is 14.9. The molecule has 0 unspecified atom stereocenters. The summed E-state index contributed by atoms with van der Waals surface area (Å²) in [6, 6.07) is 22.5. The molecule has 0 bridgehead atoms. The molecule has 2 heterocycles. The van der Waals surface area contributed by atoms with Crippen molar-refractivity contribution in [3.8, 4) is 33.5 Å². The molecule has 158 valence electrons. The van der Waals surface area contributed by atoms with E-state index in [9.17, 15) is 0 Å². The first-order valence-corrected chi connectivity index (χ1v) is 11.7. The number of benzene rings is 2. The van der Waals surface area contributed by atoms with E-state index in [1.54, 1.807) is 0 Å². The first-order valence-electron chi connectivity index (χ1n) is 11.7. The summed E-state index contributed by atoms with van der Waals surface area (Å²) >= 11 is 0. The van der Waals surface area contributed by atoms with E-state index in [0.717, 1.165) is 0 Å². The third kappa shape index (κ3) is 2.79. The topological polar surface area (TPSA) is 16.8 Å². The van der Waals surface area contributed by atoms with Crippen molar-refractivity contribution < 1.29 is 4.57 Å². The molecular weight excluding hydrogens is 388 g/mol. The van der Waals surface area contributed by atoms with Crippen LogP contribution in [0.3, 0.4) is 0 Å².